The van der Waals surface area contributed by atoms with Crippen LogP contribution in [0.25, 0.3) is 5.65 Å². The standard InChI is InChI=1S/C23H27N5O2.C2HF3O2/c1-17-4-6-18(7-5-17)23(29)27-10-2-3-19(15-27)22-24-21-9-8-20(16-28(21)25-22)26-11-13-30-14-12-26;3-2(4,5)1(6)7/h4-9,16,19H,2-3,10-15H2,1H3;(H,6,7). The molecule has 0 bridgehead atoms. The first kappa shape index (κ1) is 26.4. The number of pyridine rings is 1. The summed E-state index contributed by atoms with van der Waals surface area (Å²) in [7, 11) is 0. The molecule has 2 saturated heterocycles. The molecule has 9 nitrogen and oxygen atoms in total. The summed E-state index contributed by atoms with van der Waals surface area (Å²) in [6.07, 6.45) is -1.06. The fourth-order valence-corrected chi connectivity index (χ4v) is 4.32. The fraction of sp³-hybridized carbons (Fsp3) is 0.440. The van der Waals surface area contributed by atoms with Crippen LogP contribution in [0, 0.1) is 6.92 Å². The van der Waals surface area contributed by atoms with Gasteiger partial charge in [-0.25, -0.2) is 14.3 Å². The molecular formula is C25H28F3N5O4. The van der Waals surface area contributed by atoms with Gasteiger partial charge in [0.1, 0.15) is 0 Å². The van der Waals surface area contributed by atoms with E-state index in [0.717, 1.165) is 74.0 Å². The van der Waals surface area contributed by atoms with Gasteiger partial charge in [-0.2, -0.15) is 18.3 Å². The largest absolute Gasteiger partial charge is 0.490 e. The van der Waals surface area contributed by atoms with E-state index in [-0.39, 0.29) is 11.8 Å². The molecule has 2 fully saturated rings. The lowest BCUT2D eigenvalue weighted by Gasteiger charge is -2.31. The number of rotatable bonds is 3. The molecule has 0 radical (unpaired) electrons. The smallest absolute Gasteiger partial charge is 0.475 e. The van der Waals surface area contributed by atoms with E-state index in [1.165, 1.54) is 0 Å². The molecule has 4 heterocycles. The van der Waals surface area contributed by atoms with Crippen LogP contribution in [-0.2, 0) is 9.53 Å². The number of carbonyl (C=O) groups excluding carboxylic acids is 1. The summed E-state index contributed by atoms with van der Waals surface area (Å²) in [6.45, 7) is 6.79. The number of carbonyl (C=O) groups is 2. The minimum Gasteiger partial charge on any atom is -0.475 e. The number of alkyl halides is 3. The minimum atomic E-state index is -5.08. The van der Waals surface area contributed by atoms with Crippen molar-refractivity contribution in [1.82, 2.24) is 19.5 Å². The third kappa shape index (κ3) is 6.56. The average Bonchev–Trinajstić information content (AvgIpc) is 3.33. The van der Waals surface area contributed by atoms with Crippen molar-refractivity contribution in [2.75, 3.05) is 44.3 Å². The molecular weight excluding hydrogens is 491 g/mol. The number of hydrogen-bond donors (Lipinski definition) is 1. The normalized spacial score (nSPS) is 18.3. The number of anilines is 1. The Labute approximate surface area is 211 Å². The first-order valence-electron chi connectivity index (χ1n) is 12.0. The molecule has 1 amide bonds. The summed E-state index contributed by atoms with van der Waals surface area (Å²) in [5, 5.41) is 11.9. The van der Waals surface area contributed by atoms with Crippen molar-refractivity contribution in [1.29, 1.82) is 0 Å². The van der Waals surface area contributed by atoms with Crippen LogP contribution in [0.2, 0.25) is 0 Å². The van der Waals surface area contributed by atoms with E-state index in [0.29, 0.717) is 6.54 Å². The van der Waals surface area contributed by atoms with Gasteiger partial charge in [-0.3, -0.25) is 4.79 Å². The Morgan fingerprint density at radius 3 is 2.38 bits per heavy atom. The number of fused-ring (bicyclic) bond motifs is 1. The zero-order valence-electron chi connectivity index (χ0n) is 20.3. The lowest BCUT2D eigenvalue weighted by atomic mass is 9.96. The molecule has 1 aromatic carbocycles. The number of nitrogens with zero attached hydrogens (tertiary/aromatic N) is 5. The van der Waals surface area contributed by atoms with Gasteiger partial charge in [0, 0.05) is 37.7 Å². The van der Waals surface area contributed by atoms with Crippen LogP contribution in [0.1, 0.15) is 40.5 Å². The zero-order chi connectivity index (χ0) is 26.6. The van der Waals surface area contributed by atoms with Crippen LogP contribution in [0.4, 0.5) is 18.9 Å². The summed E-state index contributed by atoms with van der Waals surface area (Å²) in [5.74, 6) is -1.67. The highest BCUT2D eigenvalue weighted by Crippen LogP contribution is 2.27. The van der Waals surface area contributed by atoms with E-state index in [2.05, 4.69) is 17.2 Å². The second-order valence-electron chi connectivity index (χ2n) is 9.02. The number of benzene rings is 1. The van der Waals surface area contributed by atoms with Gasteiger partial charge in [-0.05, 0) is 44.0 Å². The van der Waals surface area contributed by atoms with Crippen LogP contribution in [0.5, 0.6) is 0 Å². The predicted octanol–water partition coefficient (Wildman–Crippen LogP) is 3.53. The van der Waals surface area contributed by atoms with Crippen LogP contribution >= 0.6 is 0 Å². The van der Waals surface area contributed by atoms with Crippen molar-refractivity contribution < 1.29 is 32.6 Å². The molecule has 0 saturated carbocycles. The number of morpholine rings is 1. The van der Waals surface area contributed by atoms with Gasteiger partial charge in [0.05, 0.1) is 25.1 Å². The third-order valence-electron chi connectivity index (χ3n) is 6.32. The van der Waals surface area contributed by atoms with Crippen molar-refractivity contribution in [2.45, 2.75) is 31.9 Å². The Morgan fingerprint density at radius 2 is 1.73 bits per heavy atom. The number of halogens is 3. The van der Waals surface area contributed by atoms with Crippen molar-refractivity contribution in [3.05, 3.63) is 59.5 Å². The van der Waals surface area contributed by atoms with Gasteiger partial charge >= 0.3 is 12.1 Å². The monoisotopic (exact) mass is 519 g/mol. The second-order valence-corrected chi connectivity index (χ2v) is 9.02. The van der Waals surface area contributed by atoms with Crippen molar-refractivity contribution in [3.63, 3.8) is 0 Å². The van der Waals surface area contributed by atoms with E-state index < -0.39 is 12.1 Å². The summed E-state index contributed by atoms with van der Waals surface area (Å²) in [6, 6.07) is 11.9. The number of ether oxygens (including phenoxy) is 1. The van der Waals surface area contributed by atoms with Crippen LogP contribution in [0.3, 0.4) is 0 Å². The minimum absolute atomic E-state index is 0.0954. The number of carboxylic acids is 1. The van der Waals surface area contributed by atoms with Gasteiger partial charge in [-0.15, -0.1) is 0 Å². The topological polar surface area (TPSA) is 100 Å². The molecule has 1 unspecified atom stereocenters. The van der Waals surface area contributed by atoms with Gasteiger partial charge in [0.2, 0.25) is 0 Å². The van der Waals surface area contributed by atoms with Crippen LogP contribution in [-0.4, -0.2) is 82.1 Å². The van der Waals surface area contributed by atoms with Gasteiger partial charge in [0.15, 0.2) is 11.5 Å². The average molecular weight is 520 g/mol. The number of likely N-dealkylation sites (tertiary alicyclic amines) is 1. The molecule has 0 spiro atoms. The van der Waals surface area contributed by atoms with E-state index in [1.807, 2.05) is 46.7 Å². The highest BCUT2D eigenvalue weighted by atomic mass is 19.4. The summed E-state index contributed by atoms with van der Waals surface area (Å²) >= 11 is 0. The maximum atomic E-state index is 12.9. The lowest BCUT2D eigenvalue weighted by Crippen LogP contribution is -2.39. The van der Waals surface area contributed by atoms with Gasteiger partial charge < -0.3 is 19.6 Å². The maximum absolute atomic E-state index is 12.9. The Hall–Kier alpha value is -3.67. The number of amides is 1. The molecule has 2 aliphatic heterocycles. The van der Waals surface area contributed by atoms with E-state index in [1.54, 1.807) is 0 Å². The molecule has 37 heavy (non-hydrogen) atoms. The number of hydrogen-bond acceptors (Lipinski definition) is 6. The lowest BCUT2D eigenvalue weighted by molar-refractivity contribution is -0.192. The molecule has 5 rings (SSSR count). The van der Waals surface area contributed by atoms with Gasteiger partial charge in [-0.1, -0.05) is 17.7 Å². The number of aliphatic carboxylic acids is 1. The quantitative estimate of drug-likeness (QED) is 0.565. The summed E-state index contributed by atoms with van der Waals surface area (Å²) in [5.41, 5.74) is 3.90. The maximum Gasteiger partial charge on any atom is 0.490 e. The number of aromatic nitrogens is 3. The van der Waals surface area contributed by atoms with Crippen LogP contribution in [0.15, 0.2) is 42.6 Å². The van der Waals surface area contributed by atoms with E-state index >= 15 is 0 Å². The summed E-state index contributed by atoms with van der Waals surface area (Å²) < 4.78 is 39.1. The number of aryl methyl sites for hydroxylation is 1. The third-order valence-corrected chi connectivity index (χ3v) is 6.32. The molecule has 12 heteroatoms. The van der Waals surface area contributed by atoms with Crippen molar-refractivity contribution in [2.24, 2.45) is 0 Å². The highest BCUT2D eigenvalue weighted by molar-refractivity contribution is 5.94. The first-order valence-corrected chi connectivity index (χ1v) is 12.0. The van der Waals surface area contributed by atoms with Crippen LogP contribution < -0.4 is 4.90 Å². The molecule has 2 aliphatic rings. The van der Waals surface area contributed by atoms with Gasteiger partial charge in [0.25, 0.3) is 5.91 Å². The number of carboxylic acid groups (broad SMARTS) is 1. The Kier molecular flexibility index (Phi) is 7.96. The number of piperidine rings is 1. The Balaban J connectivity index is 0.000000405. The van der Waals surface area contributed by atoms with Crippen molar-refractivity contribution >= 4 is 23.2 Å². The second kappa shape index (κ2) is 11.2. The first-order chi connectivity index (χ1) is 17.6. The molecule has 2 aromatic heterocycles. The molecule has 3 aromatic rings. The molecule has 0 aliphatic carbocycles. The fourth-order valence-electron chi connectivity index (χ4n) is 4.32. The highest BCUT2D eigenvalue weighted by Gasteiger charge is 2.38. The zero-order valence-corrected chi connectivity index (χ0v) is 20.3. The predicted molar refractivity (Wildman–Crippen MR) is 129 cm³/mol. The SMILES string of the molecule is Cc1ccc(C(=O)N2CCCC(c3nc4ccc(N5CCOCC5)cn4n3)C2)cc1.O=C(O)C(F)(F)F. The Bertz CT molecular complexity index is 1240. The van der Waals surface area contributed by atoms with Crippen molar-refractivity contribution in [3.8, 4) is 0 Å². The van der Waals surface area contributed by atoms with E-state index in [9.17, 15) is 18.0 Å². The Morgan fingerprint density at radius 1 is 1.05 bits per heavy atom. The summed E-state index contributed by atoms with van der Waals surface area (Å²) in [4.78, 5) is 30.9. The molecule has 1 atom stereocenters. The van der Waals surface area contributed by atoms with E-state index in [4.69, 9.17) is 24.7 Å². The molecule has 198 valence electrons. The molecule has 1 N–H and O–H groups in total.